The Morgan fingerprint density at radius 3 is 1.47 bits per heavy atom. The number of rotatable bonds is 3. The van der Waals surface area contributed by atoms with Crippen LogP contribution in [0, 0.1) is 0 Å². The summed E-state index contributed by atoms with van der Waals surface area (Å²) in [6.07, 6.45) is 0. The predicted molar refractivity (Wildman–Crippen MR) is 69.5 cm³/mol. The van der Waals surface area contributed by atoms with Gasteiger partial charge in [-0.1, -0.05) is 0 Å². The van der Waals surface area contributed by atoms with E-state index in [1.807, 2.05) is 0 Å². The molecule has 0 heterocycles. The van der Waals surface area contributed by atoms with Gasteiger partial charge in [0.15, 0.2) is 0 Å². The summed E-state index contributed by atoms with van der Waals surface area (Å²) in [6, 6.07) is 22.0. The van der Waals surface area contributed by atoms with Gasteiger partial charge >= 0.3 is 101 Å². The molecule has 0 fully saturated rings. The second-order valence-corrected chi connectivity index (χ2v) is 15.3. The Morgan fingerprint density at radius 1 is 0.733 bits per heavy atom. The van der Waals surface area contributed by atoms with E-state index in [0.717, 1.165) is 13.0 Å². The Labute approximate surface area is 101 Å². The van der Waals surface area contributed by atoms with Gasteiger partial charge in [-0.2, -0.15) is 0 Å². The molecule has 0 N–H and O–H groups in total. The van der Waals surface area contributed by atoms with Crippen LogP contribution >= 0.6 is 0 Å². The third-order valence-electron chi connectivity index (χ3n) is 2.16. The molecule has 0 saturated heterocycles. The van der Waals surface area contributed by atoms with Crippen LogP contribution in [0.1, 0.15) is 0 Å². The van der Waals surface area contributed by atoms with Gasteiger partial charge in [0, 0.05) is 0 Å². The van der Waals surface area contributed by atoms with E-state index in [9.17, 15) is 0 Å². The topological polar surface area (TPSA) is 0 Å². The first-order valence-corrected chi connectivity index (χ1v) is 13.2. The molecule has 0 spiro atoms. The summed E-state index contributed by atoms with van der Waals surface area (Å²) in [4.78, 5) is 0. The van der Waals surface area contributed by atoms with E-state index < -0.39 is 12.8 Å². The third-order valence-corrected chi connectivity index (χ3v) is 14.7. The van der Waals surface area contributed by atoms with Crippen molar-refractivity contribution in [1.82, 2.24) is 0 Å². The number of benzene rings is 2. The van der Waals surface area contributed by atoms with Gasteiger partial charge in [0.25, 0.3) is 0 Å². The van der Waals surface area contributed by atoms with Gasteiger partial charge in [-0.05, 0) is 0 Å². The average molecular weight is 323 g/mol. The molecular formula is C13H13AsSe. The first-order chi connectivity index (χ1) is 7.42. The zero-order chi connectivity index (χ0) is 10.5. The van der Waals surface area contributed by atoms with Gasteiger partial charge in [0.1, 0.15) is 0 Å². The molecule has 0 saturated carbocycles. The molecule has 76 valence electrons. The summed E-state index contributed by atoms with van der Waals surface area (Å²) < 4.78 is 3.16. The van der Waals surface area contributed by atoms with Gasteiger partial charge in [0.2, 0.25) is 0 Å². The van der Waals surface area contributed by atoms with Crippen LogP contribution in [0.2, 0.25) is 5.82 Å². The number of hydrogen-bond donors (Lipinski definition) is 0. The Balaban J connectivity index is 2.34. The molecule has 15 heavy (non-hydrogen) atoms. The molecule has 0 aliphatic heterocycles. The van der Waals surface area contributed by atoms with Crippen molar-refractivity contribution in [3.05, 3.63) is 60.7 Å². The van der Waals surface area contributed by atoms with Crippen molar-refractivity contribution < 1.29 is 0 Å². The van der Waals surface area contributed by atoms with E-state index in [2.05, 4.69) is 66.5 Å². The Bertz CT molecular complexity index is 360. The summed E-state index contributed by atoms with van der Waals surface area (Å²) in [6.45, 7) is 0. The molecular weight excluding hydrogens is 310 g/mol. The zero-order valence-electron chi connectivity index (χ0n) is 8.63. The van der Waals surface area contributed by atoms with Crippen molar-refractivity contribution in [2.45, 2.75) is 5.82 Å². The summed E-state index contributed by atoms with van der Waals surface area (Å²) in [5.74, 6) is 2.37. The van der Waals surface area contributed by atoms with Crippen molar-refractivity contribution in [2.24, 2.45) is 0 Å². The molecule has 0 nitrogen and oxygen atoms in total. The summed E-state index contributed by atoms with van der Waals surface area (Å²) in [5, 5.41) is 0. The van der Waals surface area contributed by atoms with Crippen LogP contribution in [0.15, 0.2) is 60.7 Å². The van der Waals surface area contributed by atoms with Gasteiger partial charge in [-0.15, -0.1) is 0 Å². The van der Waals surface area contributed by atoms with E-state index in [1.165, 1.54) is 0 Å². The molecule has 2 rings (SSSR count). The van der Waals surface area contributed by atoms with Crippen molar-refractivity contribution in [2.75, 3.05) is 0 Å². The maximum atomic E-state index is 2.37. The molecule has 0 amide bonds. The van der Waals surface area contributed by atoms with Crippen molar-refractivity contribution in [1.29, 1.82) is 0 Å². The molecule has 0 unspecified atom stereocenters. The van der Waals surface area contributed by atoms with E-state index in [1.54, 1.807) is 8.70 Å². The monoisotopic (exact) mass is 324 g/mol. The molecule has 0 bridgehead atoms. The predicted octanol–water partition coefficient (Wildman–Crippen LogP) is 1.54. The Kier molecular flexibility index (Phi) is 4.08. The average Bonchev–Trinajstić information content (AvgIpc) is 2.33. The molecule has 0 aliphatic rings. The number of hydrogen-bond acceptors (Lipinski definition) is 0. The van der Waals surface area contributed by atoms with E-state index in [-0.39, 0.29) is 0 Å². The molecule has 2 aromatic carbocycles. The second-order valence-electron chi connectivity index (χ2n) is 3.15. The minimum absolute atomic E-state index is 0.746. The maximum absolute atomic E-state index is 2.37. The zero-order valence-corrected chi connectivity index (χ0v) is 12.2. The third kappa shape index (κ3) is 2.75. The van der Waals surface area contributed by atoms with Crippen LogP contribution in [0.25, 0.3) is 0 Å². The molecule has 0 radical (unpaired) electrons. The fourth-order valence-electron chi connectivity index (χ4n) is 1.49. The second kappa shape index (κ2) is 5.56. The first kappa shape index (κ1) is 11.0. The van der Waals surface area contributed by atoms with E-state index in [4.69, 9.17) is 0 Å². The Hall–Kier alpha value is -0.482. The van der Waals surface area contributed by atoms with Crippen LogP contribution in [0.4, 0.5) is 0 Å². The van der Waals surface area contributed by atoms with Crippen LogP contribution in [0.3, 0.4) is 0 Å². The van der Waals surface area contributed by atoms with Gasteiger partial charge in [-0.3, -0.25) is 0 Å². The van der Waals surface area contributed by atoms with Crippen LogP contribution in [-0.2, 0) is 0 Å². The molecule has 0 aromatic heterocycles. The van der Waals surface area contributed by atoms with E-state index in [0.29, 0.717) is 0 Å². The fraction of sp³-hybridized carbons (Fsp3) is 0.0769. The summed E-state index contributed by atoms with van der Waals surface area (Å²) in [5.41, 5.74) is 0. The van der Waals surface area contributed by atoms with Crippen LogP contribution < -0.4 is 8.70 Å². The fourth-order valence-corrected chi connectivity index (χ4v) is 12.1. The molecule has 2 aromatic rings. The van der Waals surface area contributed by atoms with Crippen LogP contribution in [-0.4, -0.2) is 25.7 Å². The standard InChI is InChI=1S/C13H13AsSe/c1-15-14(12-8-4-2-5-9-12)13-10-6-3-7-11-13/h2-11H,1H3. The molecule has 0 atom stereocenters. The Morgan fingerprint density at radius 2 is 1.13 bits per heavy atom. The van der Waals surface area contributed by atoms with Crippen LogP contribution in [0.5, 0.6) is 0 Å². The first-order valence-electron chi connectivity index (χ1n) is 4.86. The normalized spacial score (nSPS) is 10.5. The minimum atomic E-state index is -0.940. The van der Waals surface area contributed by atoms with Gasteiger partial charge < -0.3 is 0 Å². The summed E-state index contributed by atoms with van der Waals surface area (Å²) in [7, 11) is 0. The van der Waals surface area contributed by atoms with Gasteiger partial charge in [0.05, 0.1) is 0 Å². The molecule has 2 heteroatoms. The van der Waals surface area contributed by atoms with Gasteiger partial charge in [-0.25, -0.2) is 0 Å². The SMILES string of the molecule is C[Se][As](c1ccccc1)c1ccccc1. The van der Waals surface area contributed by atoms with E-state index >= 15 is 0 Å². The van der Waals surface area contributed by atoms with Crippen molar-refractivity contribution >= 4 is 34.4 Å². The summed E-state index contributed by atoms with van der Waals surface area (Å²) >= 11 is -0.195. The van der Waals surface area contributed by atoms with Crippen molar-refractivity contribution in [3.8, 4) is 0 Å². The van der Waals surface area contributed by atoms with Crippen molar-refractivity contribution in [3.63, 3.8) is 0 Å². The quantitative estimate of drug-likeness (QED) is 0.752. The molecule has 0 aliphatic carbocycles.